The molecule has 1 aromatic rings. The first-order chi connectivity index (χ1) is 7.79. The number of rotatable bonds is 3. The quantitative estimate of drug-likeness (QED) is 0.920. The lowest BCUT2D eigenvalue weighted by Crippen LogP contribution is -2.50. The minimum absolute atomic E-state index is 0.652. The van der Waals surface area contributed by atoms with E-state index in [4.69, 9.17) is 0 Å². The van der Waals surface area contributed by atoms with Gasteiger partial charge in [0.15, 0.2) is 0 Å². The van der Waals surface area contributed by atoms with Crippen LogP contribution in [0.3, 0.4) is 0 Å². The van der Waals surface area contributed by atoms with E-state index in [1.165, 1.54) is 6.42 Å². The molecule has 1 atom stereocenters. The molecule has 0 radical (unpaired) electrons. The van der Waals surface area contributed by atoms with E-state index in [1.54, 1.807) is 0 Å². The SMILES string of the molecule is CCC1CNCCN1Cc1ccc(Br)cn1. The van der Waals surface area contributed by atoms with Gasteiger partial charge in [-0.3, -0.25) is 9.88 Å². The van der Waals surface area contributed by atoms with E-state index in [0.717, 1.165) is 36.3 Å². The predicted octanol–water partition coefficient (Wildman–Crippen LogP) is 2.03. The highest BCUT2D eigenvalue weighted by atomic mass is 79.9. The Morgan fingerprint density at radius 2 is 2.44 bits per heavy atom. The maximum atomic E-state index is 4.43. The van der Waals surface area contributed by atoms with Gasteiger partial charge >= 0.3 is 0 Å². The van der Waals surface area contributed by atoms with Crippen LogP contribution in [-0.4, -0.2) is 35.6 Å². The summed E-state index contributed by atoms with van der Waals surface area (Å²) in [6.07, 6.45) is 3.07. The molecule has 1 N–H and O–H groups in total. The molecule has 88 valence electrons. The topological polar surface area (TPSA) is 28.2 Å². The van der Waals surface area contributed by atoms with Crippen molar-refractivity contribution in [3.8, 4) is 0 Å². The molecule has 0 amide bonds. The lowest BCUT2D eigenvalue weighted by molar-refractivity contribution is 0.147. The van der Waals surface area contributed by atoms with Crippen LogP contribution in [0.1, 0.15) is 19.0 Å². The van der Waals surface area contributed by atoms with Crippen LogP contribution in [0.2, 0.25) is 0 Å². The number of aromatic nitrogens is 1. The smallest absolute Gasteiger partial charge is 0.0544 e. The second kappa shape index (κ2) is 5.75. The molecule has 1 fully saturated rings. The lowest BCUT2D eigenvalue weighted by atomic mass is 10.1. The summed E-state index contributed by atoms with van der Waals surface area (Å²) in [6.45, 7) is 6.53. The standard InChI is InChI=1S/C12H18BrN3/c1-2-12-8-14-5-6-16(12)9-11-4-3-10(13)7-15-11/h3-4,7,12,14H,2,5-6,8-9H2,1H3. The number of hydrogen-bond acceptors (Lipinski definition) is 3. The summed E-state index contributed by atoms with van der Waals surface area (Å²) in [5, 5.41) is 3.44. The molecule has 1 saturated heterocycles. The first-order valence-corrected chi connectivity index (χ1v) is 6.64. The second-order valence-electron chi connectivity index (χ2n) is 4.20. The Hall–Kier alpha value is -0.450. The highest BCUT2D eigenvalue weighted by molar-refractivity contribution is 9.10. The van der Waals surface area contributed by atoms with Crippen molar-refractivity contribution < 1.29 is 0 Å². The van der Waals surface area contributed by atoms with E-state index < -0.39 is 0 Å². The third-order valence-corrected chi connectivity index (χ3v) is 3.57. The van der Waals surface area contributed by atoms with Gasteiger partial charge in [0.05, 0.1) is 5.69 Å². The van der Waals surface area contributed by atoms with E-state index in [2.05, 4.69) is 50.2 Å². The first-order valence-electron chi connectivity index (χ1n) is 5.85. The van der Waals surface area contributed by atoms with Gasteiger partial charge in [-0.2, -0.15) is 0 Å². The molecule has 2 rings (SSSR count). The number of hydrogen-bond donors (Lipinski definition) is 1. The number of nitrogens with zero attached hydrogens (tertiary/aromatic N) is 2. The third-order valence-electron chi connectivity index (χ3n) is 3.10. The van der Waals surface area contributed by atoms with Gasteiger partial charge in [-0.1, -0.05) is 6.92 Å². The molecule has 3 nitrogen and oxygen atoms in total. The average molecular weight is 284 g/mol. The van der Waals surface area contributed by atoms with Crippen LogP contribution in [-0.2, 0) is 6.54 Å². The van der Waals surface area contributed by atoms with Crippen LogP contribution in [0, 0.1) is 0 Å². The number of nitrogens with one attached hydrogen (secondary N) is 1. The lowest BCUT2D eigenvalue weighted by Gasteiger charge is -2.35. The molecule has 16 heavy (non-hydrogen) atoms. The fourth-order valence-electron chi connectivity index (χ4n) is 2.12. The van der Waals surface area contributed by atoms with Crippen LogP contribution < -0.4 is 5.32 Å². The van der Waals surface area contributed by atoms with Crippen molar-refractivity contribution in [2.24, 2.45) is 0 Å². The summed E-state index contributed by atoms with van der Waals surface area (Å²) in [7, 11) is 0. The van der Waals surface area contributed by atoms with E-state index >= 15 is 0 Å². The molecule has 2 heterocycles. The van der Waals surface area contributed by atoms with E-state index in [-0.39, 0.29) is 0 Å². The van der Waals surface area contributed by atoms with E-state index in [0.29, 0.717) is 6.04 Å². The summed E-state index contributed by atoms with van der Waals surface area (Å²) in [4.78, 5) is 6.95. The van der Waals surface area contributed by atoms with Gasteiger partial charge in [0.25, 0.3) is 0 Å². The molecule has 4 heteroatoms. The molecular weight excluding hydrogens is 266 g/mol. The van der Waals surface area contributed by atoms with Crippen molar-refractivity contribution >= 4 is 15.9 Å². The summed E-state index contributed by atoms with van der Waals surface area (Å²) in [5.41, 5.74) is 1.16. The Bertz CT molecular complexity index is 326. The Labute approximate surface area is 105 Å². The average Bonchev–Trinajstić information content (AvgIpc) is 2.33. The van der Waals surface area contributed by atoms with Crippen molar-refractivity contribution in [1.29, 1.82) is 0 Å². The minimum atomic E-state index is 0.652. The summed E-state index contributed by atoms with van der Waals surface area (Å²) in [6, 6.07) is 4.81. The van der Waals surface area contributed by atoms with Crippen LogP contribution in [0.5, 0.6) is 0 Å². The van der Waals surface area contributed by atoms with Gasteiger partial charge in [-0.25, -0.2) is 0 Å². The molecule has 0 bridgehead atoms. The van der Waals surface area contributed by atoms with Crippen molar-refractivity contribution in [2.45, 2.75) is 25.9 Å². The molecular formula is C12H18BrN3. The van der Waals surface area contributed by atoms with Gasteiger partial charge < -0.3 is 5.32 Å². The van der Waals surface area contributed by atoms with Crippen LogP contribution in [0.25, 0.3) is 0 Å². The maximum Gasteiger partial charge on any atom is 0.0544 e. The monoisotopic (exact) mass is 283 g/mol. The van der Waals surface area contributed by atoms with Crippen LogP contribution >= 0.6 is 15.9 Å². The number of piperazine rings is 1. The zero-order valence-electron chi connectivity index (χ0n) is 9.62. The fourth-order valence-corrected chi connectivity index (χ4v) is 2.36. The number of pyridine rings is 1. The van der Waals surface area contributed by atoms with E-state index in [1.807, 2.05) is 6.20 Å². The Morgan fingerprint density at radius 3 is 3.12 bits per heavy atom. The fraction of sp³-hybridized carbons (Fsp3) is 0.583. The van der Waals surface area contributed by atoms with Crippen molar-refractivity contribution in [3.05, 3.63) is 28.5 Å². The summed E-state index contributed by atoms with van der Waals surface area (Å²) < 4.78 is 1.05. The predicted molar refractivity (Wildman–Crippen MR) is 69.3 cm³/mol. The maximum absolute atomic E-state index is 4.43. The molecule has 1 aromatic heterocycles. The molecule has 1 aliphatic heterocycles. The number of halogens is 1. The third kappa shape index (κ3) is 3.03. The van der Waals surface area contributed by atoms with Gasteiger partial charge in [-0.05, 0) is 34.5 Å². The zero-order chi connectivity index (χ0) is 11.4. The highest BCUT2D eigenvalue weighted by Crippen LogP contribution is 2.13. The normalized spacial score (nSPS) is 22.2. The van der Waals surface area contributed by atoms with Crippen LogP contribution in [0.4, 0.5) is 0 Å². The highest BCUT2D eigenvalue weighted by Gasteiger charge is 2.20. The molecule has 1 aliphatic rings. The Morgan fingerprint density at radius 1 is 1.56 bits per heavy atom. The van der Waals surface area contributed by atoms with Crippen molar-refractivity contribution in [1.82, 2.24) is 15.2 Å². The first kappa shape index (κ1) is 12.0. The van der Waals surface area contributed by atoms with Gasteiger partial charge in [0, 0.05) is 42.9 Å². The molecule has 1 unspecified atom stereocenters. The Balaban J connectivity index is 1.99. The van der Waals surface area contributed by atoms with E-state index in [9.17, 15) is 0 Å². The largest absolute Gasteiger partial charge is 0.314 e. The Kier molecular flexibility index (Phi) is 4.32. The summed E-state index contributed by atoms with van der Waals surface area (Å²) >= 11 is 3.41. The van der Waals surface area contributed by atoms with Gasteiger partial charge in [0.2, 0.25) is 0 Å². The summed E-state index contributed by atoms with van der Waals surface area (Å²) in [5.74, 6) is 0. The van der Waals surface area contributed by atoms with Crippen molar-refractivity contribution in [2.75, 3.05) is 19.6 Å². The zero-order valence-corrected chi connectivity index (χ0v) is 11.2. The molecule has 0 saturated carbocycles. The second-order valence-corrected chi connectivity index (χ2v) is 5.12. The van der Waals surface area contributed by atoms with Crippen molar-refractivity contribution in [3.63, 3.8) is 0 Å². The van der Waals surface area contributed by atoms with Gasteiger partial charge in [-0.15, -0.1) is 0 Å². The molecule has 0 aliphatic carbocycles. The van der Waals surface area contributed by atoms with Gasteiger partial charge in [0.1, 0.15) is 0 Å². The molecule has 0 spiro atoms. The molecule has 0 aromatic carbocycles. The van der Waals surface area contributed by atoms with Crippen LogP contribution in [0.15, 0.2) is 22.8 Å². The minimum Gasteiger partial charge on any atom is -0.314 e.